The van der Waals surface area contributed by atoms with Gasteiger partial charge in [-0.25, -0.2) is 0 Å². The number of rotatable bonds is 4. The first-order chi connectivity index (χ1) is 10.3. The zero-order chi connectivity index (χ0) is 14.7. The normalized spacial score (nSPS) is 17.1. The Morgan fingerprint density at radius 1 is 1.29 bits per heavy atom. The zero-order valence-corrected chi connectivity index (χ0v) is 12.5. The minimum Gasteiger partial charge on any atom is -0.329 e. The van der Waals surface area contributed by atoms with Gasteiger partial charge in [-0.05, 0) is 50.5 Å². The summed E-state index contributed by atoms with van der Waals surface area (Å²) >= 11 is 0. The molecule has 0 aliphatic carbocycles. The molecule has 0 saturated carbocycles. The Hall–Kier alpha value is -1.83. The van der Waals surface area contributed by atoms with E-state index in [-0.39, 0.29) is 0 Å². The van der Waals surface area contributed by atoms with Crippen molar-refractivity contribution in [1.82, 2.24) is 14.8 Å². The Balaban J connectivity index is 1.74. The topological polar surface area (TPSA) is 44.0 Å². The summed E-state index contributed by atoms with van der Waals surface area (Å²) < 4.78 is 2.12. The lowest BCUT2D eigenvalue weighted by Gasteiger charge is -2.29. The van der Waals surface area contributed by atoms with Crippen LogP contribution >= 0.6 is 0 Å². The number of nitriles is 1. The van der Waals surface area contributed by atoms with Crippen molar-refractivity contribution in [3.8, 4) is 6.07 Å². The van der Waals surface area contributed by atoms with Crippen LogP contribution in [-0.4, -0.2) is 35.6 Å². The Morgan fingerprint density at radius 2 is 2.05 bits per heavy atom. The van der Waals surface area contributed by atoms with Crippen LogP contribution in [0.3, 0.4) is 0 Å². The first-order valence-corrected chi connectivity index (χ1v) is 7.64. The van der Waals surface area contributed by atoms with E-state index in [1.165, 1.54) is 37.0 Å². The molecule has 4 nitrogen and oxygen atoms in total. The van der Waals surface area contributed by atoms with Gasteiger partial charge in [0.15, 0.2) is 0 Å². The first-order valence-electron chi connectivity index (χ1n) is 7.64. The third-order valence-corrected chi connectivity index (χ3v) is 4.42. The van der Waals surface area contributed by atoms with Crippen LogP contribution in [0.2, 0.25) is 0 Å². The minimum absolute atomic E-state index is 0.415. The molecule has 1 aromatic heterocycles. The summed E-state index contributed by atoms with van der Waals surface area (Å²) in [5.74, 6) is 0. The third-order valence-electron chi connectivity index (χ3n) is 4.42. The molecule has 1 fully saturated rings. The monoisotopic (exact) mass is 282 g/mol. The van der Waals surface area contributed by atoms with Gasteiger partial charge in [-0.1, -0.05) is 18.2 Å². The molecule has 0 radical (unpaired) electrons. The van der Waals surface area contributed by atoms with Crippen molar-refractivity contribution < 1.29 is 0 Å². The number of piperidine rings is 1. The van der Waals surface area contributed by atoms with Gasteiger partial charge in [0.25, 0.3) is 0 Å². The van der Waals surface area contributed by atoms with Crippen LogP contribution in [-0.2, 0) is 13.1 Å². The van der Waals surface area contributed by atoms with Crippen LogP contribution < -0.4 is 5.32 Å². The van der Waals surface area contributed by atoms with Gasteiger partial charge in [-0.2, -0.15) is 5.26 Å². The minimum atomic E-state index is 0.415. The Kier molecular flexibility index (Phi) is 4.23. The second-order valence-corrected chi connectivity index (χ2v) is 5.90. The Labute approximate surface area is 126 Å². The first kappa shape index (κ1) is 14.1. The SMILES string of the molecule is CN1CCC(NCc2cc3ccccc3n2CC#N)CC1. The maximum absolute atomic E-state index is 9.07. The molecule has 2 heterocycles. The van der Waals surface area contributed by atoms with Crippen molar-refractivity contribution in [3.05, 3.63) is 36.0 Å². The summed E-state index contributed by atoms with van der Waals surface area (Å²) in [7, 11) is 2.18. The molecule has 1 aliphatic rings. The van der Waals surface area contributed by atoms with Gasteiger partial charge in [0.2, 0.25) is 0 Å². The smallest absolute Gasteiger partial charge is 0.110 e. The largest absolute Gasteiger partial charge is 0.329 e. The van der Waals surface area contributed by atoms with Gasteiger partial charge in [0.05, 0.1) is 6.07 Å². The van der Waals surface area contributed by atoms with E-state index < -0.39 is 0 Å². The quantitative estimate of drug-likeness (QED) is 0.936. The predicted octanol–water partition coefficient (Wildman–Crippen LogP) is 2.35. The molecule has 1 aromatic carbocycles. The van der Waals surface area contributed by atoms with Crippen LogP contribution in [0.5, 0.6) is 0 Å². The van der Waals surface area contributed by atoms with Crippen molar-refractivity contribution in [2.75, 3.05) is 20.1 Å². The van der Waals surface area contributed by atoms with Gasteiger partial charge < -0.3 is 14.8 Å². The van der Waals surface area contributed by atoms with Gasteiger partial charge in [0.1, 0.15) is 6.54 Å². The highest BCUT2D eigenvalue weighted by Gasteiger charge is 2.17. The molecule has 0 bridgehead atoms. The van der Waals surface area contributed by atoms with E-state index in [2.05, 4.69) is 46.1 Å². The number of likely N-dealkylation sites (tertiary alicyclic amines) is 1. The molecule has 0 unspecified atom stereocenters. The number of hydrogen-bond acceptors (Lipinski definition) is 3. The standard InChI is InChI=1S/C17H22N4/c1-20-9-6-15(7-10-20)19-13-16-12-14-4-2-3-5-17(14)21(16)11-8-18/h2-5,12,15,19H,6-7,9-11,13H2,1H3. The Morgan fingerprint density at radius 3 is 2.81 bits per heavy atom. The van der Waals surface area contributed by atoms with Gasteiger partial charge >= 0.3 is 0 Å². The van der Waals surface area contributed by atoms with Crippen molar-refractivity contribution in [2.45, 2.75) is 32.0 Å². The van der Waals surface area contributed by atoms with Crippen molar-refractivity contribution in [3.63, 3.8) is 0 Å². The summed E-state index contributed by atoms with van der Waals surface area (Å²) in [6.07, 6.45) is 2.41. The number of nitrogens with zero attached hydrogens (tertiary/aromatic N) is 3. The molecule has 110 valence electrons. The van der Waals surface area contributed by atoms with Crippen LogP contribution in [0.4, 0.5) is 0 Å². The summed E-state index contributed by atoms with van der Waals surface area (Å²) in [5, 5.41) is 13.9. The predicted molar refractivity (Wildman–Crippen MR) is 84.9 cm³/mol. The molecule has 4 heteroatoms. The van der Waals surface area contributed by atoms with E-state index in [4.69, 9.17) is 5.26 Å². The molecule has 21 heavy (non-hydrogen) atoms. The maximum atomic E-state index is 9.07. The summed E-state index contributed by atoms with van der Waals surface area (Å²) in [6.45, 7) is 3.58. The van der Waals surface area contributed by atoms with E-state index >= 15 is 0 Å². The number of nitrogens with one attached hydrogen (secondary N) is 1. The molecule has 1 aliphatic heterocycles. The van der Waals surface area contributed by atoms with Gasteiger partial charge in [0, 0.05) is 23.8 Å². The molecule has 3 rings (SSSR count). The van der Waals surface area contributed by atoms with E-state index in [1.54, 1.807) is 0 Å². The zero-order valence-electron chi connectivity index (χ0n) is 12.5. The maximum Gasteiger partial charge on any atom is 0.110 e. The molecule has 2 aromatic rings. The summed E-state index contributed by atoms with van der Waals surface area (Å²) in [6, 6.07) is 13.4. The molecular weight excluding hydrogens is 260 g/mol. The van der Waals surface area contributed by atoms with Crippen molar-refractivity contribution >= 4 is 10.9 Å². The lowest BCUT2D eigenvalue weighted by Crippen LogP contribution is -2.40. The fraction of sp³-hybridized carbons (Fsp3) is 0.471. The summed E-state index contributed by atoms with van der Waals surface area (Å²) in [4.78, 5) is 2.38. The second-order valence-electron chi connectivity index (χ2n) is 5.90. The van der Waals surface area contributed by atoms with Crippen LogP contribution in [0.1, 0.15) is 18.5 Å². The molecule has 1 saturated heterocycles. The lowest BCUT2D eigenvalue weighted by molar-refractivity contribution is 0.233. The fourth-order valence-corrected chi connectivity index (χ4v) is 3.13. The number of aromatic nitrogens is 1. The highest BCUT2D eigenvalue weighted by Crippen LogP contribution is 2.20. The molecule has 0 atom stereocenters. The average Bonchev–Trinajstić information content (AvgIpc) is 2.85. The molecule has 1 N–H and O–H groups in total. The van der Waals surface area contributed by atoms with Crippen LogP contribution in [0.15, 0.2) is 30.3 Å². The molecule has 0 spiro atoms. The average molecular weight is 282 g/mol. The number of benzene rings is 1. The third kappa shape index (κ3) is 3.10. The molecule has 0 amide bonds. The van der Waals surface area contributed by atoms with E-state index in [9.17, 15) is 0 Å². The number of para-hydroxylation sites is 1. The van der Waals surface area contributed by atoms with E-state index in [1.807, 2.05) is 12.1 Å². The van der Waals surface area contributed by atoms with E-state index in [0.29, 0.717) is 12.6 Å². The molecular formula is C17H22N4. The van der Waals surface area contributed by atoms with Gasteiger partial charge in [-0.15, -0.1) is 0 Å². The lowest BCUT2D eigenvalue weighted by atomic mass is 10.1. The number of hydrogen-bond donors (Lipinski definition) is 1. The fourth-order valence-electron chi connectivity index (χ4n) is 3.13. The van der Waals surface area contributed by atoms with Crippen LogP contribution in [0, 0.1) is 11.3 Å². The second kappa shape index (κ2) is 6.30. The van der Waals surface area contributed by atoms with Crippen LogP contribution in [0.25, 0.3) is 10.9 Å². The highest BCUT2D eigenvalue weighted by atomic mass is 15.1. The highest BCUT2D eigenvalue weighted by molar-refractivity contribution is 5.81. The van der Waals surface area contributed by atoms with Crippen molar-refractivity contribution in [1.29, 1.82) is 5.26 Å². The van der Waals surface area contributed by atoms with E-state index in [0.717, 1.165) is 12.1 Å². The van der Waals surface area contributed by atoms with Crippen molar-refractivity contribution in [2.24, 2.45) is 0 Å². The summed E-state index contributed by atoms with van der Waals surface area (Å²) in [5.41, 5.74) is 2.36. The van der Waals surface area contributed by atoms with Gasteiger partial charge in [-0.3, -0.25) is 0 Å². The number of fused-ring (bicyclic) bond motifs is 1. The Bertz CT molecular complexity index is 644.